The second-order valence-corrected chi connectivity index (χ2v) is 5.20. The van der Waals surface area contributed by atoms with Gasteiger partial charge in [0.05, 0.1) is 6.10 Å². The van der Waals surface area contributed by atoms with E-state index in [4.69, 9.17) is 28.6 Å². The lowest BCUT2D eigenvalue weighted by molar-refractivity contribution is 0.114. The third-order valence-corrected chi connectivity index (χ3v) is 3.69. The van der Waals surface area contributed by atoms with E-state index >= 15 is 0 Å². The first-order valence-electron chi connectivity index (χ1n) is 6.08. The van der Waals surface area contributed by atoms with E-state index in [2.05, 4.69) is 10.6 Å². The van der Waals surface area contributed by atoms with E-state index < -0.39 is 0 Å². The maximum absolute atomic E-state index is 6.05. The van der Waals surface area contributed by atoms with Crippen molar-refractivity contribution in [3.05, 3.63) is 28.8 Å². The first kappa shape index (κ1) is 13.6. The second kappa shape index (κ2) is 6.36. The molecule has 1 aromatic carbocycles. The molecule has 1 fully saturated rings. The van der Waals surface area contributed by atoms with Gasteiger partial charge in [-0.3, -0.25) is 0 Å². The summed E-state index contributed by atoms with van der Waals surface area (Å²) < 4.78 is 5.53. The van der Waals surface area contributed by atoms with Crippen LogP contribution in [0.1, 0.15) is 18.4 Å². The summed E-state index contributed by atoms with van der Waals surface area (Å²) in [5.41, 5.74) is 1.94. The number of halogens is 1. The van der Waals surface area contributed by atoms with E-state index in [1.807, 2.05) is 25.1 Å². The number of nitrogens with one attached hydrogen (secondary N) is 2. The van der Waals surface area contributed by atoms with Crippen LogP contribution in [0.2, 0.25) is 5.02 Å². The minimum Gasteiger partial charge on any atom is -0.376 e. The fourth-order valence-corrected chi connectivity index (χ4v) is 2.29. The Balaban J connectivity index is 1.84. The summed E-state index contributed by atoms with van der Waals surface area (Å²) in [4.78, 5) is 0. The summed E-state index contributed by atoms with van der Waals surface area (Å²) in [6.45, 7) is 3.58. The lowest BCUT2D eigenvalue weighted by atomic mass is 10.2. The molecule has 0 spiro atoms. The SMILES string of the molecule is Cc1c(Cl)cccc1NC(=S)NC[C@H]1CCCO1. The molecule has 0 saturated carbocycles. The fraction of sp³-hybridized carbons (Fsp3) is 0.462. The lowest BCUT2D eigenvalue weighted by Crippen LogP contribution is -2.34. The van der Waals surface area contributed by atoms with Crippen LogP contribution in [0.3, 0.4) is 0 Å². The highest BCUT2D eigenvalue weighted by molar-refractivity contribution is 7.80. The Morgan fingerprint density at radius 2 is 2.39 bits per heavy atom. The highest BCUT2D eigenvalue weighted by Gasteiger charge is 2.15. The number of hydrogen-bond acceptors (Lipinski definition) is 2. The van der Waals surface area contributed by atoms with Crippen LogP contribution in [0, 0.1) is 6.92 Å². The average molecular weight is 285 g/mol. The van der Waals surface area contributed by atoms with Gasteiger partial charge in [0, 0.05) is 23.9 Å². The van der Waals surface area contributed by atoms with Crippen molar-refractivity contribution in [1.29, 1.82) is 0 Å². The molecule has 1 aliphatic heterocycles. The highest BCUT2D eigenvalue weighted by atomic mass is 35.5. The summed E-state index contributed by atoms with van der Waals surface area (Å²) >= 11 is 11.3. The first-order valence-corrected chi connectivity index (χ1v) is 6.87. The van der Waals surface area contributed by atoms with Crippen molar-refractivity contribution in [2.45, 2.75) is 25.9 Å². The van der Waals surface area contributed by atoms with Crippen LogP contribution in [0.4, 0.5) is 5.69 Å². The van der Waals surface area contributed by atoms with Crippen molar-refractivity contribution in [1.82, 2.24) is 5.32 Å². The molecule has 0 aromatic heterocycles. The number of hydrogen-bond donors (Lipinski definition) is 2. The zero-order valence-corrected chi connectivity index (χ0v) is 11.9. The Kier molecular flexibility index (Phi) is 4.80. The topological polar surface area (TPSA) is 33.3 Å². The van der Waals surface area contributed by atoms with Crippen LogP contribution in [-0.4, -0.2) is 24.4 Å². The molecule has 0 unspecified atom stereocenters. The smallest absolute Gasteiger partial charge is 0.170 e. The first-order chi connectivity index (χ1) is 8.66. The van der Waals surface area contributed by atoms with Crippen molar-refractivity contribution < 1.29 is 4.74 Å². The molecular weight excluding hydrogens is 268 g/mol. The molecule has 0 bridgehead atoms. The maximum Gasteiger partial charge on any atom is 0.170 e. The van der Waals surface area contributed by atoms with E-state index in [0.29, 0.717) is 5.11 Å². The molecule has 2 rings (SSSR count). The van der Waals surface area contributed by atoms with Crippen LogP contribution < -0.4 is 10.6 Å². The van der Waals surface area contributed by atoms with E-state index in [1.54, 1.807) is 0 Å². The van der Waals surface area contributed by atoms with E-state index in [1.165, 1.54) is 0 Å². The third-order valence-electron chi connectivity index (χ3n) is 3.03. The van der Waals surface area contributed by atoms with Gasteiger partial charge in [-0.1, -0.05) is 17.7 Å². The van der Waals surface area contributed by atoms with E-state index in [-0.39, 0.29) is 6.10 Å². The molecule has 1 aliphatic rings. The van der Waals surface area contributed by atoms with Crippen molar-refractivity contribution in [3.63, 3.8) is 0 Å². The minimum atomic E-state index is 0.283. The van der Waals surface area contributed by atoms with Gasteiger partial charge in [0.15, 0.2) is 5.11 Å². The molecule has 1 heterocycles. The number of ether oxygens (including phenoxy) is 1. The minimum absolute atomic E-state index is 0.283. The normalized spacial score (nSPS) is 18.7. The standard InChI is InChI=1S/C13H17ClN2OS/c1-9-11(14)5-2-6-12(9)16-13(18)15-8-10-4-3-7-17-10/h2,5-6,10H,3-4,7-8H2,1H3,(H2,15,16,18)/t10-/m1/s1. The molecule has 0 radical (unpaired) electrons. The highest BCUT2D eigenvalue weighted by Crippen LogP contribution is 2.22. The Morgan fingerprint density at radius 1 is 1.56 bits per heavy atom. The van der Waals surface area contributed by atoms with Crippen molar-refractivity contribution in [2.75, 3.05) is 18.5 Å². The van der Waals surface area contributed by atoms with Gasteiger partial charge in [0.25, 0.3) is 0 Å². The van der Waals surface area contributed by atoms with Gasteiger partial charge in [-0.15, -0.1) is 0 Å². The molecule has 2 N–H and O–H groups in total. The molecule has 0 aliphatic carbocycles. The Bertz CT molecular complexity index is 433. The lowest BCUT2D eigenvalue weighted by Gasteiger charge is -2.15. The molecule has 1 atom stereocenters. The van der Waals surface area contributed by atoms with E-state index in [9.17, 15) is 0 Å². The largest absolute Gasteiger partial charge is 0.376 e. The van der Waals surface area contributed by atoms with Gasteiger partial charge < -0.3 is 15.4 Å². The molecule has 98 valence electrons. The average Bonchev–Trinajstić information content (AvgIpc) is 2.86. The van der Waals surface area contributed by atoms with Crippen molar-refractivity contribution in [2.24, 2.45) is 0 Å². The number of anilines is 1. The molecule has 5 heteroatoms. The molecule has 1 aromatic rings. The monoisotopic (exact) mass is 284 g/mol. The van der Waals surface area contributed by atoms with E-state index in [0.717, 1.165) is 42.3 Å². The maximum atomic E-state index is 6.05. The number of rotatable bonds is 3. The molecular formula is C13H17ClN2OS. The summed E-state index contributed by atoms with van der Waals surface area (Å²) in [7, 11) is 0. The molecule has 3 nitrogen and oxygen atoms in total. The fourth-order valence-electron chi connectivity index (χ4n) is 1.92. The van der Waals surface area contributed by atoms with Crippen LogP contribution in [0.15, 0.2) is 18.2 Å². The van der Waals surface area contributed by atoms with Gasteiger partial charge in [0.2, 0.25) is 0 Å². The van der Waals surface area contributed by atoms with Crippen LogP contribution in [-0.2, 0) is 4.74 Å². The van der Waals surface area contributed by atoms with Gasteiger partial charge in [-0.25, -0.2) is 0 Å². The molecule has 0 amide bonds. The van der Waals surface area contributed by atoms with Gasteiger partial charge in [-0.2, -0.15) is 0 Å². The van der Waals surface area contributed by atoms with Gasteiger partial charge >= 0.3 is 0 Å². The number of benzene rings is 1. The van der Waals surface area contributed by atoms with Gasteiger partial charge in [0.1, 0.15) is 0 Å². The third kappa shape index (κ3) is 3.57. The quantitative estimate of drug-likeness (QED) is 0.836. The van der Waals surface area contributed by atoms with Crippen LogP contribution >= 0.6 is 23.8 Å². The Morgan fingerprint density at radius 3 is 3.11 bits per heavy atom. The molecule has 18 heavy (non-hydrogen) atoms. The second-order valence-electron chi connectivity index (χ2n) is 4.38. The predicted molar refractivity (Wildman–Crippen MR) is 79.4 cm³/mol. The summed E-state index contributed by atoms with van der Waals surface area (Å²) in [5.74, 6) is 0. The zero-order chi connectivity index (χ0) is 13.0. The Labute approximate surface area is 118 Å². The Hall–Kier alpha value is -0.840. The molecule has 1 saturated heterocycles. The summed E-state index contributed by atoms with van der Waals surface area (Å²) in [6, 6.07) is 5.73. The summed E-state index contributed by atoms with van der Waals surface area (Å²) in [5, 5.41) is 7.67. The number of thiocarbonyl (C=S) groups is 1. The van der Waals surface area contributed by atoms with Crippen molar-refractivity contribution >= 4 is 34.6 Å². The zero-order valence-electron chi connectivity index (χ0n) is 10.3. The summed E-state index contributed by atoms with van der Waals surface area (Å²) in [6.07, 6.45) is 2.52. The van der Waals surface area contributed by atoms with Crippen LogP contribution in [0.25, 0.3) is 0 Å². The van der Waals surface area contributed by atoms with Gasteiger partial charge in [-0.05, 0) is 49.7 Å². The van der Waals surface area contributed by atoms with Crippen LogP contribution in [0.5, 0.6) is 0 Å². The van der Waals surface area contributed by atoms with Crippen molar-refractivity contribution in [3.8, 4) is 0 Å². The predicted octanol–water partition coefficient (Wildman–Crippen LogP) is 3.11.